The molecule has 1 aromatic heterocycles. The minimum absolute atomic E-state index is 0.411. The van der Waals surface area contributed by atoms with E-state index in [2.05, 4.69) is 41.6 Å². The molecule has 0 spiro atoms. The van der Waals surface area contributed by atoms with Gasteiger partial charge in [-0.05, 0) is 37.5 Å². The Balaban J connectivity index is 2.66. The molecule has 0 fully saturated rings. The molecule has 0 aliphatic rings. The predicted octanol–water partition coefficient (Wildman–Crippen LogP) is 2.89. The standard InChI is InChI=1S/C14H21N3/c1-9(2)10-6-7-12-11(8-10)16-13(17(12)5)14(3,4)15/h6-9H,15H2,1-5H3. The number of aryl methyl sites for hydroxylation is 1. The summed E-state index contributed by atoms with van der Waals surface area (Å²) in [7, 11) is 2.02. The van der Waals surface area contributed by atoms with Gasteiger partial charge in [-0.1, -0.05) is 19.9 Å². The van der Waals surface area contributed by atoms with E-state index in [1.54, 1.807) is 0 Å². The number of rotatable bonds is 2. The normalized spacial score (nSPS) is 12.6. The molecular weight excluding hydrogens is 210 g/mol. The molecule has 92 valence electrons. The van der Waals surface area contributed by atoms with Gasteiger partial charge < -0.3 is 10.3 Å². The van der Waals surface area contributed by atoms with Gasteiger partial charge in [-0.2, -0.15) is 0 Å². The number of aromatic nitrogens is 2. The molecule has 2 rings (SSSR count). The Morgan fingerprint density at radius 1 is 1.29 bits per heavy atom. The average molecular weight is 231 g/mol. The molecule has 2 N–H and O–H groups in total. The topological polar surface area (TPSA) is 43.8 Å². The van der Waals surface area contributed by atoms with Crippen molar-refractivity contribution in [3.8, 4) is 0 Å². The van der Waals surface area contributed by atoms with Crippen molar-refractivity contribution >= 4 is 11.0 Å². The fraction of sp³-hybridized carbons (Fsp3) is 0.500. The van der Waals surface area contributed by atoms with Crippen molar-refractivity contribution < 1.29 is 0 Å². The molecule has 2 aromatic rings. The first-order valence-electron chi connectivity index (χ1n) is 6.06. The summed E-state index contributed by atoms with van der Waals surface area (Å²) in [6.45, 7) is 8.35. The van der Waals surface area contributed by atoms with Crippen molar-refractivity contribution in [2.45, 2.75) is 39.2 Å². The maximum Gasteiger partial charge on any atom is 0.129 e. The van der Waals surface area contributed by atoms with Crippen LogP contribution in [0.5, 0.6) is 0 Å². The van der Waals surface area contributed by atoms with Crippen molar-refractivity contribution in [1.82, 2.24) is 9.55 Å². The first-order chi connectivity index (χ1) is 7.80. The van der Waals surface area contributed by atoms with Gasteiger partial charge in [0, 0.05) is 7.05 Å². The summed E-state index contributed by atoms with van der Waals surface area (Å²) in [5.41, 5.74) is 9.22. The molecule has 0 aliphatic heterocycles. The minimum atomic E-state index is -0.411. The lowest BCUT2D eigenvalue weighted by Gasteiger charge is -2.17. The zero-order valence-electron chi connectivity index (χ0n) is 11.3. The smallest absolute Gasteiger partial charge is 0.129 e. The molecule has 0 unspecified atom stereocenters. The van der Waals surface area contributed by atoms with E-state index in [4.69, 9.17) is 5.73 Å². The maximum absolute atomic E-state index is 6.14. The largest absolute Gasteiger partial charge is 0.330 e. The van der Waals surface area contributed by atoms with Crippen LogP contribution in [0.25, 0.3) is 11.0 Å². The highest BCUT2D eigenvalue weighted by atomic mass is 15.1. The number of benzene rings is 1. The van der Waals surface area contributed by atoms with Crippen molar-refractivity contribution in [3.63, 3.8) is 0 Å². The molecule has 0 radical (unpaired) electrons. The third-order valence-corrected chi connectivity index (χ3v) is 3.15. The molecule has 0 saturated carbocycles. The summed E-state index contributed by atoms with van der Waals surface area (Å²) in [4.78, 5) is 4.66. The average Bonchev–Trinajstić information content (AvgIpc) is 2.55. The van der Waals surface area contributed by atoms with Crippen LogP contribution in [-0.4, -0.2) is 9.55 Å². The quantitative estimate of drug-likeness (QED) is 0.863. The molecule has 0 atom stereocenters. The second-order valence-electron chi connectivity index (χ2n) is 5.62. The third-order valence-electron chi connectivity index (χ3n) is 3.15. The van der Waals surface area contributed by atoms with Crippen molar-refractivity contribution in [2.24, 2.45) is 12.8 Å². The van der Waals surface area contributed by atoms with Crippen LogP contribution in [-0.2, 0) is 12.6 Å². The Morgan fingerprint density at radius 3 is 2.47 bits per heavy atom. The van der Waals surface area contributed by atoms with Crippen LogP contribution >= 0.6 is 0 Å². The summed E-state index contributed by atoms with van der Waals surface area (Å²) in [5.74, 6) is 1.45. The first kappa shape index (κ1) is 12.1. The van der Waals surface area contributed by atoms with E-state index in [-0.39, 0.29) is 0 Å². The molecule has 0 bridgehead atoms. The Hall–Kier alpha value is -1.35. The third kappa shape index (κ3) is 2.07. The molecule has 0 amide bonds. The number of imidazole rings is 1. The number of hydrogen-bond acceptors (Lipinski definition) is 2. The number of hydrogen-bond donors (Lipinski definition) is 1. The van der Waals surface area contributed by atoms with Gasteiger partial charge in [0.2, 0.25) is 0 Å². The number of nitrogens with zero attached hydrogens (tertiary/aromatic N) is 2. The summed E-state index contributed by atoms with van der Waals surface area (Å²) < 4.78 is 2.08. The van der Waals surface area contributed by atoms with Gasteiger partial charge in [0.05, 0.1) is 16.6 Å². The van der Waals surface area contributed by atoms with E-state index >= 15 is 0 Å². The molecular formula is C14H21N3. The van der Waals surface area contributed by atoms with E-state index in [0.717, 1.165) is 16.9 Å². The Morgan fingerprint density at radius 2 is 1.94 bits per heavy atom. The van der Waals surface area contributed by atoms with Gasteiger partial charge in [0.1, 0.15) is 5.82 Å². The van der Waals surface area contributed by atoms with Crippen LogP contribution in [0.3, 0.4) is 0 Å². The van der Waals surface area contributed by atoms with Gasteiger partial charge >= 0.3 is 0 Å². The van der Waals surface area contributed by atoms with E-state index in [0.29, 0.717) is 5.92 Å². The van der Waals surface area contributed by atoms with Gasteiger partial charge in [0.25, 0.3) is 0 Å². The van der Waals surface area contributed by atoms with E-state index < -0.39 is 5.54 Å². The highest BCUT2D eigenvalue weighted by Crippen LogP contribution is 2.25. The van der Waals surface area contributed by atoms with E-state index in [1.807, 2.05) is 20.9 Å². The van der Waals surface area contributed by atoms with Gasteiger partial charge in [0.15, 0.2) is 0 Å². The summed E-state index contributed by atoms with van der Waals surface area (Å²) in [6, 6.07) is 6.46. The summed E-state index contributed by atoms with van der Waals surface area (Å²) in [6.07, 6.45) is 0. The van der Waals surface area contributed by atoms with Crippen LogP contribution in [0.4, 0.5) is 0 Å². The Bertz CT molecular complexity index is 544. The molecule has 3 heteroatoms. The van der Waals surface area contributed by atoms with Gasteiger partial charge in [-0.3, -0.25) is 0 Å². The molecule has 1 heterocycles. The van der Waals surface area contributed by atoms with Gasteiger partial charge in [-0.15, -0.1) is 0 Å². The summed E-state index contributed by atoms with van der Waals surface area (Å²) in [5, 5.41) is 0. The van der Waals surface area contributed by atoms with E-state index in [9.17, 15) is 0 Å². The molecule has 17 heavy (non-hydrogen) atoms. The monoisotopic (exact) mass is 231 g/mol. The lowest BCUT2D eigenvalue weighted by atomic mass is 10.0. The molecule has 3 nitrogen and oxygen atoms in total. The zero-order chi connectivity index (χ0) is 12.8. The van der Waals surface area contributed by atoms with Crippen LogP contribution in [0.2, 0.25) is 0 Å². The van der Waals surface area contributed by atoms with E-state index in [1.165, 1.54) is 5.56 Å². The van der Waals surface area contributed by atoms with Crippen LogP contribution < -0.4 is 5.73 Å². The van der Waals surface area contributed by atoms with Crippen LogP contribution in [0, 0.1) is 0 Å². The van der Waals surface area contributed by atoms with Gasteiger partial charge in [-0.25, -0.2) is 4.98 Å². The Labute approximate surface area is 103 Å². The van der Waals surface area contributed by atoms with Crippen molar-refractivity contribution in [3.05, 3.63) is 29.6 Å². The minimum Gasteiger partial charge on any atom is -0.330 e. The van der Waals surface area contributed by atoms with Crippen molar-refractivity contribution in [2.75, 3.05) is 0 Å². The van der Waals surface area contributed by atoms with Crippen LogP contribution in [0.1, 0.15) is 45.0 Å². The maximum atomic E-state index is 6.14. The molecule has 0 saturated heterocycles. The fourth-order valence-electron chi connectivity index (χ4n) is 2.15. The molecule has 0 aliphatic carbocycles. The molecule has 1 aromatic carbocycles. The number of nitrogens with two attached hydrogens (primary N) is 1. The second kappa shape index (κ2) is 3.84. The first-order valence-corrected chi connectivity index (χ1v) is 6.06. The second-order valence-corrected chi connectivity index (χ2v) is 5.62. The van der Waals surface area contributed by atoms with Crippen LogP contribution in [0.15, 0.2) is 18.2 Å². The fourth-order valence-corrected chi connectivity index (χ4v) is 2.15. The Kier molecular flexibility index (Phi) is 2.74. The summed E-state index contributed by atoms with van der Waals surface area (Å²) >= 11 is 0. The zero-order valence-corrected chi connectivity index (χ0v) is 11.3. The highest BCUT2D eigenvalue weighted by molar-refractivity contribution is 5.77. The lowest BCUT2D eigenvalue weighted by molar-refractivity contribution is 0.498. The predicted molar refractivity (Wildman–Crippen MR) is 72.0 cm³/mol. The lowest BCUT2D eigenvalue weighted by Crippen LogP contribution is -2.32. The van der Waals surface area contributed by atoms with Crippen molar-refractivity contribution in [1.29, 1.82) is 0 Å². The number of fused-ring (bicyclic) bond motifs is 1. The highest BCUT2D eigenvalue weighted by Gasteiger charge is 2.21. The SMILES string of the molecule is CC(C)c1ccc2c(c1)nc(C(C)(C)N)n2C.